The minimum absolute atomic E-state index is 0.0450. The Morgan fingerprint density at radius 3 is 2.44 bits per heavy atom. The molecule has 0 radical (unpaired) electrons. The molecule has 1 amide bonds. The van der Waals surface area contributed by atoms with Gasteiger partial charge in [-0.15, -0.1) is 0 Å². The predicted molar refractivity (Wildman–Crippen MR) is 73.3 cm³/mol. The van der Waals surface area contributed by atoms with Gasteiger partial charge in [0, 0.05) is 6.54 Å². The molecule has 18 heavy (non-hydrogen) atoms. The van der Waals surface area contributed by atoms with Crippen LogP contribution in [0.4, 0.5) is 0 Å². The van der Waals surface area contributed by atoms with E-state index in [2.05, 4.69) is 17.6 Å². The lowest BCUT2D eigenvalue weighted by molar-refractivity contribution is -0.128. The van der Waals surface area contributed by atoms with Crippen molar-refractivity contribution in [3.8, 4) is 0 Å². The number of amides is 1. The van der Waals surface area contributed by atoms with Crippen LogP contribution in [-0.4, -0.2) is 35.2 Å². The maximum absolute atomic E-state index is 12.0. The molecule has 0 unspecified atom stereocenters. The second-order valence-electron chi connectivity index (χ2n) is 6.24. The molecule has 4 nitrogen and oxygen atoms in total. The molecule has 0 aromatic heterocycles. The van der Waals surface area contributed by atoms with Crippen molar-refractivity contribution in [1.29, 1.82) is 0 Å². The summed E-state index contributed by atoms with van der Waals surface area (Å²) in [7, 11) is 0. The monoisotopic (exact) mass is 256 g/mol. The molecule has 0 spiro atoms. The lowest BCUT2D eigenvalue weighted by Crippen LogP contribution is -2.55. The zero-order valence-corrected chi connectivity index (χ0v) is 12.2. The highest BCUT2D eigenvalue weighted by Gasteiger charge is 2.34. The van der Waals surface area contributed by atoms with E-state index in [4.69, 9.17) is 0 Å². The lowest BCUT2D eigenvalue weighted by Gasteiger charge is -2.36. The van der Waals surface area contributed by atoms with E-state index >= 15 is 0 Å². The lowest BCUT2D eigenvalue weighted by atomic mass is 9.79. The maximum atomic E-state index is 12.0. The first-order chi connectivity index (χ1) is 8.29. The number of nitrogens with one attached hydrogen (secondary N) is 2. The minimum Gasteiger partial charge on any atom is -0.388 e. The van der Waals surface area contributed by atoms with Crippen LogP contribution in [0.15, 0.2) is 0 Å². The fraction of sp³-hybridized carbons (Fsp3) is 0.929. The zero-order valence-electron chi connectivity index (χ0n) is 12.2. The summed E-state index contributed by atoms with van der Waals surface area (Å²) >= 11 is 0. The van der Waals surface area contributed by atoms with E-state index in [1.165, 1.54) is 0 Å². The molecule has 1 aliphatic carbocycles. The summed E-state index contributed by atoms with van der Waals surface area (Å²) in [6.07, 6.45) is 3.66. The van der Waals surface area contributed by atoms with Crippen molar-refractivity contribution in [2.45, 2.75) is 64.5 Å². The Morgan fingerprint density at radius 1 is 1.39 bits per heavy atom. The van der Waals surface area contributed by atoms with Crippen molar-refractivity contribution >= 4 is 5.91 Å². The molecule has 3 N–H and O–H groups in total. The third-order valence-corrected chi connectivity index (χ3v) is 3.97. The van der Waals surface area contributed by atoms with Gasteiger partial charge < -0.3 is 15.7 Å². The van der Waals surface area contributed by atoms with Crippen LogP contribution in [0.1, 0.15) is 53.4 Å². The first kappa shape index (κ1) is 15.4. The molecule has 106 valence electrons. The maximum Gasteiger partial charge on any atom is 0.239 e. The van der Waals surface area contributed by atoms with Gasteiger partial charge in [-0.1, -0.05) is 13.8 Å². The minimum atomic E-state index is -0.704. The first-order valence-corrected chi connectivity index (χ1v) is 7.05. The molecule has 0 aromatic rings. The van der Waals surface area contributed by atoms with Crippen LogP contribution < -0.4 is 10.6 Å². The molecular formula is C14H28N2O2. The first-order valence-electron chi connectivity index (χ1n) is 7.05. The summed E-state index contributed by atoms with van der Waals surface area (Å²) in [5.41, 5.74) is -1.28. The second-order valence-corrected chi connectivity index (χ2v) is 6.24. The molecule has 0 aliphatic heterocycles. The summed E-state index contributed by atoms with van der Waals surface area (Å²) in [6, 6.07) is 0. The molecule has 0 heterocycles. The van der Waals surface area contributed by atoms with Gasteiger partial charge in [0.15, 0.2) is 0 Å². The van der Waals surface area contributed by atoms with Gasteiger partial charge in [0.1, 0.15) is 0 Å². The molecular weight excluding hydrogens is 228 g/mol. The summed E-state index contributed by atoms with van der Waals surface area (Å²) < 4.78 is 0. The van der Waals surface area contributed by atoms with Gasteiger partial charge in [0.05, 0.1) is 11.1 Å². The van der Waals surface area contributed by atoms with Gasteiger partial charge in [-0.25, -0.2) is 0 Å². The number of carbonyl (C=O) groups is 1. The second kappa shape index (κ2) is 6.02. The van der Waals surface area contributed by atoms with Crippen molar-refractivity contribution in [3.05, 3.63) is 0 Å². The largest absolute Gasteiger partial charge is 0.388 e. The summed E-state index contributed by atoms with van der Waals surface area (Å²) in [5, 5.41) is 16.4. The fourth-order valence-corrected chi connectivity index (χ4v) is 2.46. The third kappa shape index (κ3) is 4.25. The smallest absolute Gasteiger partial charge is 0.239 e. The van der Waals surface area contributed by atoms with E-state index in [1.807, 2.05) is 20.8 Å². The molecule has 1 saturated carbocycles. The standard InChI is InChI=1S/C14H28N2O2/c1-5-16-13(3,4)12(17)15-10-14(18)8-6-11(2)7-9-14/h11,16,18H,5-10H2,1-4H3,(H,15,17). The van der Waals surface area contributed by atoms with Crippen LogP contribution in [-0.2, 0) is 4.79 Å². The van der Waals surface area contributed by atoms with Crippen molar-refractivity contribution < 1.29 is 9.90 Å². The van der Waals surface area contributed by atoms with E-state index in [0.29, 0.717) is 12.5 Å². The molecule has 0 saturated heterocycles. The quantitative estimate of drug-likeness (QED) is 0.697. The van der Waals surface area contributed by atoms with Gasteiger partial charge in [0.25, 0.3) is 0 Å². The van der Waals surface area contributed by atoms with Crippen LogP contribution in [0.2, 0.25) is 0 Å². The van der Waals surface area contributed by atoms with Crippen LogP contribution in [0.3, 0.4) is 0 Å². The number of hydrogen-bond donors (Lipinski definition) is 3. The van der Waals surface area contributed by atoms with Gasteiger partial charge in [-0.05, 0) is 52.0 Å². The molecule has 0 atom stereocenters. The predicted octanol–water partition coefficient (Wildman–Crippen LogP) is 1.43. The Kier molecular flexibility index (Phi) is 5.17. The Labute approximate surface area is 111 Å². The summed E-state index contributed by atoms with van der Waals surface area (Å²) in [5.74, 6) is 0.649. The van der Waals surface area contributed by atoms with Crippen molar-refractivity contribution in [1.82, 2.24) is 10.6 Å². The molecule has 1 aliphatic rings. The molecule has 1 fully saturated rings. The number of likely N-dealkylation sites (N-methyl/N-ethyl adjacent to an activating group) is 1. The Hall–Kier alpha value is -0.610. The molecule has 4 heteroatoms. The Bertz CT molecular complexity index is 282. The number of rotatable bonds is 5. The molecule has 0 bridgehead atoms. The van der Waals surface area contributed by atoms with Gasteiger partial charge in [0.2, 0.25) is 5.91 Å². The average Bonchev–Trinajstić information content (AvgIpc) is 2.30. The van der Waals surface area contributed by atoms with Gasteiger partial charge >= 0.3 is 0 Å². The van der Waals surface area contributed by atoms with Crippen molar-refractivity contribution in [2.24, 2.45) is 5.92 Å². The van der Waals surface area contributed by atoms with Crippen LogP contribution >= 0.6 is 0 Å². The van der Waals surface area contributed by atoms with Crippen molar-refractivity contribution in [3.63, 3.8) is 0 Å². The third-order valence-electron chi connectivity index (χ3n) is 3.97. The van der Waals surface area contributed by atoms with E-state index in [1.54, 1.807) is 0 Å². The highest BCUT2D eigenvalue weighted by molar-refractivity contribution is 5.85. The summed E-state index contributed by atoms with van der Waals surface area (Å²) in [6.45, 7) is 9.03. The topological polar surface area (TPSA) is 61.4 Å². The highest BCUT2D eigenvalue weighted by atomic mass is 16.3. The molecule has 1 rings (SSSR count). The van der Waals surface area contributed by atoms with E-state index < -0.39 is 11.1 Å². The van der Waals surface area contributed by atoms with Gasteiger partial charge in [-0.2, -0.15) is 0 Å². The number of aliphatic hydroxyl groups is 1. The van der Waals surface area contributed by atoms with Gasteiger partial charge in [-0.3, -0.25) is 4.79 Å². The van der Waals surface area contributed by atoms with Crippen molar-refractivity contribution in [2.75, 3.05) is 13.1 Å². The average molecular weight is 256 g/mol. The van der Waals surface area contributed by atoms with E-state index in [-0.39, 0.29) is 5.91 Å². The molecule has 0 aromatic carbocycles. The number of hydrogen-bond acceptors (Lipinski definition) is 3. The van der Waals surface area contributed by atoms with Crippen LogP contribution in [0.25, 0.3) is 0 Å². The highest BCUT2D eigenvalue weighted by Crippen LogP contribution is 2.31. The Balaban J connectivity index is 2.42. The van der Waals surface area contributed by atoms with Crippen LogP contribution in [0, 0.1) is 5.92 Å². The SMILES string of the molecule is CCNC(C)(C)C(=O)NCC1(O)CCC(C)CC1. The normalized spacial score (nSPS) is 29.1. The summed E-state index contributed by atoms with van der Waals surface area (Å²) in [4.78, 5) is 12.0. The fourth-order valence-electron chi connectivity index (χ4n) is 2.46. The Morgan fingerprint density at radius 2 is 1.94 bits per heavy atom. The van der Waals surface area contributed by atoms with E-state index in [0.717, 1.165) is 32.2 Å². The van der Waals surface area contributed by atoms with E-state index in [9.17, 15) is 9.90 Å². The van der Waals surface area contributed by atoms with Crippen LogP contribution in [0.5, 0.6) is 0 Å². The number of carbonyl (C=O) groups excluding carboxylic acids is 1. The zero-order chi connectivity index (χ0) is 13.8.